The number of aliphatic hydroxyl groups is 1. The van der Waals surface area contributed by atoms with Crippen LogP contribution in [0.25, 0.3) is 11.0 Å². The number of alkyl halides is 3. The van der Waals surface area contributed by atoms with E-state index in [4.69, 9.17) is 9.90 Å². The number of aliphatic carboxylic acids is 1. The van der Waals surface area contributed by atoms with E-state index >= 15 is 0 Å². The number of aromatic nitrogens is 2. The van der Waals surface area contributed by atoms with Crippen molar-refractivity contribution in [3.63, 3.8) is 0 Å². The Kier molecular flexibility index (Phi) is 8.80. The molecule has 5 N–H and O–H groups in total. The van der Waals surface area contributed by atoms with E-state index in [9.17, 15) is 33.0 Å². The number of nitrogens with one attached hydrogen (secondary N) is 2. The van der Waals surface area contributed by atoms with E-state index < -0.39 is 24.0 Å². The number of piperidine rings is 1. The Morgan fingerprint density at radius 1 is 1.00 bits per heavy atom. The van der Waals surface area contributed by atoms with Gasteiger partial charge in [0.2, 0.25) is 5.95 Å². The lowest BCUT2D eigenvalue weighted by molar-refractivity contribution is -0.192. The van der Waals surface area contributed by atoms with Gasteiger partial charge < -0.3 is 25.6 Å². The molecule has 1 aromatic heterocycles. The zero-order valence-electron chi connectivity index (χ0n) is 23.8. The lowest BCUT2D eigenvalue weighted by Gasteiger charge is -2.35. The van der Waals surface area contributed by atoms with Crippen LogP contribution in [0.1, 0.15) is 39.9 Å². The summed E-state index contributed by atoms with van der Waals surface area (Å²) in [5.41, 5.74) is 1.79. The van der Waals surface area contributed by atoms with Crippen molar-refractivity contribution in [3.05, 3.63) is 95.1 Å². The van der Waals surface area contributed by atoms with Crippen molar-refractivity contribution < 1.29 is 42.9 Å². The van der Waals surface area contributed by atoms with Crippen molar-refractivity contribution >= 4 is 35.0 Å². The molecule has 2 aliphatic heterocycles. The summed E-state index contributed by atoms with van der Waals surface area (Å²) in [7, 11) is 0. The highest BCUT2D eigenvalue weighted by atomic mass is 19.4. The summed E-state index contributed by atoms with van der Waals surface area (Å²) < 4.78 is 31.7. The molecular formula is C31H30F3N5O6. The first-order valence-corrected chi connectivity index (χ1v) is 14.1. The van der Waals surface area contributed by atoms with Crippen molar-refractivity contribution in [2.75, 3.05) is 24.5 Å². The number of carbonyl (C=O) groups excluding carboxylic acids is 1. The van der Waals surface area contributed by atoms with Gasteiger partial charge in [-0.05, 0) is 55.6 Å². The first-order valence-electron chi connectivity index (χ1n) is 14.1. The fourth-order valence-electron chi connectivity index (χ4n) is 5.59. The third-order valence-corrected chi connectivity index (χ3v) is 7.85. The van der Waals surface area contributed by atoms with Gasteiger partial charge in [-0.15, -0.1) is 0 Å². The van der Waals surface area contributed by atoms with Gasteiger partial charge in [-0.1, -0.05) is 54.6 Å². The average Bonchev–Trinajstić information content (AvgIpc) is 3.54. The number of carbonyl (C=O) groups is 3. The maximum absolute atomic E-state index is 13.5. The monoisotopic (exact) mass is 625 g/mol. The molecule has 11 nitrogen and oxygen atoms in total. The normalized spacial score (nSPS) is 18.3. The third-order valence-electron chi connectivity index (χ3n) is 7.85. The van der Waals surface area contributed by atoms with Gasteiger partial charge in [-0.25, -0.2) is 19.5 Å². The van der Waals surface area contributed by atoms with E-state index in [0.717, 1.165) is 31.5 Å². The number of amides is 2. The SMILES string of the molecule is O=C(O)C(F)(F)F.O=C(O)N(CC1CCNCC1)c1nc2cc(C3(O)c4ccccc4C(=O)N3Cc3ccccc3)ccc2[nH]1. The van der Waals surface area contributed by atoms with E-state index in [1.54, 1.807) is 42.5 Å². The highest BCUT2D eigenvalue weighted by Crippen LogP contribution is 2.43. The van der Waals surface area contributed by atoms with Crippen LogP contribution in [0, 0.1) is 5.92 Å². The topological polar surface area (TPSA) is 159 Å². The minimum absolute atomic E-state index is 0.220. The summed E-state index contributed by atoms with van der Waals surface area (Å²) in [6.07, 6.45) is -4.33. The number of aromatic amines is 1. The summed E-state index contributed by atoms with van der Waals surface area (Å²) in [4.78, 5) is 45.0. The maximum Gasteiger partial charge on any atom is 0.490 e. The van der Waals surface area contributed by atoms with Crippen LogP contribution < -0.4 is 10.2 Å². The molecule has 14 heteroatoms. The number of benzene rings is 3. The van der Waals surface area contributed by atoms with Crippen molar-refractivity contribution in [2.24, 2.45) is 5.92 Å². The Labute approximate surface area is 254 Å². The van der Waals surface area contributed by atoms with Crippen LogP contribution in [0.2, 0.25) is 0 Å². The smallest absolute Gasteiger partial charge is 0.475 e. The summed E-state index contributed by atoms with van der Waals surface area (Å²) in [6, 6.07) is 21.9. The zero-order valence-corrected chi connectivity index (χ0v) is 23.8. The molecule has 1 saturated heterocycles. The van der Waals surface area contributed by atoms with Crippen molar-refractivity contribution in [3.8, 4) is 0 Å². The molecule has 45 heavy (non-hydrogen) atoms. The minimum atomic E-state index is -5.08. The third kappa shape index (κ3) is 6.47. The number of imidazole rings is 1. The number of anilines is 1. The Morgan fingerprint density at radius 3 is 2.29 bits per heavy atom. The number of carboxylic acids is 1. The van der Waals surface area contributed by atoms with E-state index in [2.05, 4.69) is 15.3 Å². The van der Waals surface area contributed by atoms with Crippen LogP contribution in [-0.4, -0.2) is 74.0 Å². The number of carboxylic acid groups (broad SMARTS) is 2. The molecule has 3 aromatic carbocycles. The predicted octanol–water partition coefficient (Wildman–Crippen LogP) is 4.53. The molecule has 0 bridgehead atoms. The fraction of sp³-hybridized carbons (Fsp3) is 0.290. The number of rotatable bonds is 6. The van der Waals surface area contributed by atoms with Crippen LogP contribution in [0.4, 0.5) is 23.9 Å². The Hall–Kier alpha value is -4.95. The highest BCUT2D eigenvalue weighted by molar-refractivity contribution is 6.00. The second kappa shape index (κ2) is 12.6. The van der Waals surface area contributed by atoms with E-state index in [0.29, 0.717) is 34.3 Å². The van der Waals surface area contributed by atoms with Crippen LogP contribution >= 0.6 is 0 Å². The molecule has 4 aromatic rings. The van der Waals surface area contributed by atoms with Crippen LogP contribution in [0.3, 0.4) is 0 Å². The number of fused-ring (bicyclic) bond motifs is 2. The summed E-state index contributed by atoms with van der Waals surface area (Å²) in [5.74, 6) is -2.51. The number of H-pyrrole nitrogens is 1. The number of nitrogens with zero attached hydrogens (tertiary/aromatic N) is 3. The summed E-state index contributed by atoms with van der Waals surface area (Å²) in [6.45, 7) is 2.33. The van der Waals surface area contributed by atoms with Gasteiger partial charge in [0.25, 0.3) is 5.91 Å². The Balaban J connectivity index is 0.000000515. The van der Waals surface area contributed by atoms with Gasteiger partial charge >= 0.3 is 18.2 Å². The van der Waals surface area contributed by atoms with Gasteiger partial charge in [0.1, 0.15) is 0 Å². The Morgan fingerprint density at radius 2 is 1.64 bits per heavy atom. The quantitative estimate of drug-likeness (QED) is 0.209. The average molecular weight is 626 g/mol. The lowest BCUT2D eigenvalue weighted by Crippen LogP contribution is -2.44. The van der Waals surface area contributed by atoms with E-state index in [1.807, 2.05) is 30.3 Å². The van der Waals surface area contributed by atoms with E-state index in [-0.39, 0.29) is 24.3 Å². The second-order valence-electron chi connectivity index (χ2n) is 10.8. The van der Waals surface area contributed by atoms with Gasteiger partial charge in [0, 0.05) is 29.8 Å². The van der Waals surface area contributed by atoms with Gasteiger partial charge in [-0.3, -0.25) is 9.69 Å². The highest BCUT2D eigenvalue weighted by Gasteiger charge is 2.49. The predicted molar refractivity (Wildman–Crippen MR) is 157 cm³/mol. The molecule has 3 heterocycles. The number of hydrogen-bond acceptors (Lipinski definition) is 6. The molecule has 0 saturated carbocycles. The molecule has 1 fully saturated rings. The first kappa shape index (κ1) is 31.5. The molecule has 1 atom stereocenters. The van der Waals surface area contributed by atoms with E-state index in [1.165, 1.54) is 9.80 Å². The number of hydrogen-bond donors (Lipinski definition) is 5. The zero-order chi connectivity index (χ0) is 32.4. The van der Waals surface area contributed by atoms with Gasteiger partial charge in [0.15, 0.2) is 5.72 Å². The minimum Gasteiger partial charge on any atom is -0.475 e. The molecule has 1 unspecified atom stereocenters. The lowest BCUT2D eigenvalue weighted by atomic mass is 9.93. The Bertz CT molecular complexity index is 1710. The summed E-state index contributed by atoms with van der Waals surface area (Å²) in [5, 5.41) is 32.6. The maximum atomic E-state index is 13.5. The molecule has 0 aliphatic carbocycles. The fourth-order valence-corrected chi connectivity index (χ4v) is 5.59. The van der Waals surface area contributed by atoms with Crippen LogP contribution in [-0.2, 0) is 17.1 Å². The van der Waals surface area contributed by atoms with Crippen molar-refractivity contribution in [2.45, 2.75) is 31.3 Å². The van der Waals surface area contributed by atoms with Gasteiger partial charge in [0.05, 0.1) is 11.0 Å². The molecular weight excluding hydrogens is 595 g/mol. The molecule has 0 spiro atoms. The molecule has 0 radical (unpaired) electrons. The largest absolute Gasteiger partial charge is 0.490 e. The first-order chi connectivity index (χ1) is 21.4. The molecule has 2 amide bonds. The summed E-state index contributed by atoms with van der Waals surface area (Å²) >= 11 is 0. The standard InChI is InChI=1S/C29H29N5O4.C2HF3O2/c35-26-22-8-4-5-9-23(22)29(38,34(26)18-19-6-2-1-3-7-19)21-10-11-24-25(16-21)32-27(31-24)33(28(36)37)17-20-12-14-30-15-13-20;3-2(4,5)1(6)7/h1-11,16,20,30,38H,12-15,17-18H2,(H,31,32)(H,36,37);(H,6,7). The number of halogens is 3. The van der Waals surface area contributed by atoms with Crippen molar-refractivity contribution in [1.29, 1.82) is 0 Å². The van der Waals surface area contributed by atoms with Crippen LogP contribution in [0.5, 0.6) is 0 Å². The second-order valence-corrected chi connectivity index (χ2v) is 10.8. The van der Waals surface area contributed by atoms with Crippen LogP contribution in [0.15, 0.2) is 72.8 Å². The molecule has 236 valence electrons. The molecule has 2 aliphatic rings. The van der Waals surface area contributed by atoms with Crippen molar-refractivity contribution in [1.82, 2.24) is 20.2 Å². The molecule has 6 rings (SSSR count). The van der Waals surface area contributed by atoms with Gasteiger partial charge in [-0.2, -0.15) is 13.2 Å².